The number of methoxy groups -OCH3 is 1. The van der Waals surface area contributed by atoms with E-state index in [1.54, 1.807) is 7.11 Å². The zero-order valence-electron chi connectivity index (χ0n) is 14.9. The molecular weight excluding hydrogens is 316 g/mol. The predicted octanol–water partition coefficient (Wildman–Crippen LogP) is 3.74. The summed E-state index contributed by atoms with van der Waals surface area (Å²) >= 11 is 0. The van der Waals surface area contributed by atoms with Crippen LogP contribution < -0.4 is 14.9 Å². The van der Waals surface area contributed by atoms with Crippen LogP contribution in [0.5, 0.6) is 11.5 Å². The molecule has 0 heterocycles. The van der Waals surface area contributed by atoms with Crippen molar-refractivity contribution in [1.82, 2.24) is 5.43 Å². The maximum Gasteiger partial charge on any atom is 0.277 e. The second-order valence-electron chi connectivity index (χ2n) is 5.70. The Kier molecular flexibility index (Phi) is 7.01. The molecule has 0 saturated carbocycles. The van der Waals surface area contributed by atoms with E-state index in [0.29, 0.717) is 17.4 Å². The molecular formula is C20H24N2O3. The Hall–Kier alpha value is -2.82. The molecule has 0 fully saturated rings. The molecule has 0 aromatic heterocycles. The summed E-state index contributed by atoms with van der Waals surface area (Å²) in [7, 11) is 1.59. The second kappa shape index (κ2) is 9.47. The number of carbonyl (C=O) groups is 1. The molecule has 1 N–H and O–H groups in total. The van der Waals surface area contributed by atoms with Gasteiger partial charge in [-0.25, -0.2) is 5.43 Å². The first-order valence-corrected chi connectivity index (χ1v) is 8.31. The predicted molar refractivity (Wildman–Crippen MR) is 99.4 cm³/mol. The Balaban J connectivity index is 1.81. The van der Waals surface area contributed by atoms with Crippen molar-refractivity contribution in [3.8, 4) is 11.5 Å². The quantitative estimate of drug-likeness (QED) is 0.588. The normalized spacial score (nSPS) is 12.0. The minimum Gasteiger partial charge on any atom is -0.496 e. The van der Waals surface area contributed by atoms with Gasteiger partial charge in [-0.1, -0.05) is 38.1 Å². The Morgan fingerprint density at radius 2 is 1.92 bits per heavy atom. The summed E-state index contributed by atoms with van der Waals surface area (Å²) in [6.45, 7) is 4.25. The number of hydrogen-bond acceptors (Lipinski definition) is 4. The summed E-state index contributed by atoms with van der Waals surface area (Å²) in [4.78, 5) is 11.8. The lowest BCUT2D eigenvalue weighted by atomic mass is 9.99. The fourth-order valence-electron chi connectivity index (χ4n) is 2.26. The Labute approximate surface area is 148 Å². The molecule has 2 rings (SSSR count). The van der Waals surface area contributed by atoms with Crippen molar-refractivity contribution in [1.29, 1.82) is 0 Å². The van der Waals surface area contributed by atoms with Gasteiger partial charge < -0.3 is 9.47 Å². The van der Waals surface area contributed by atoms with Gasteiger partial charge in [-0.3, -0.25) is 4.79 Å². The van der Waals surface area contributed by atoms with Crippen molar-refractivity contribution in [3.05, 3.63) is 59.7 Å². The molecule has 1 unspecified atom stereocenters. The lowest BCUT2D eigenvalue weighted by Gasteiger charge is -2.10. The van der Waals surface area contributed by atoms with Crippen LogP contribution in [-0.4, -0.2) is 25.8 Å². The van der Waals surface area contributed by atoms with E-state index in [1.807, 2.05) is 48.5 Å². The van der Waals surface area contributed by atoms with E-state index in [9.17, 15) is 4.79 Å². The van der Waals surface area contributed by atoms with Gasteiger partial charge >= 0.3 is 0 Å². The third-order valence-electron chi connectivity index (χ3n) is 3.96. The van der Waals surface area contributed by atoms with Crippen LogP contribution in [0.3, 0.4) is 0 Å². The highest BCUT2D eigenvalue weighted by atomic mass is 16.5. The first-order valence-electron chi connectivity index (χ1n) is 8.31. The van der Waals surface area contributed by atoms with Crippen molar-refractivity contribution >= 4 is 12.1 Å². The Morgan fingerprint density at radius 3 is 2.60 bits per heavy atom. The van der Waals surface area contributed by atoms with E-state index < -0.39 is 0 Å². The molecule has 0 radical (unpaired) electrons. The van der Waals surface area contributed by atoms with E-state index in [-0.39, 0.29) is 12.5 Å². The van der Waals surface area contributed by atoms with E-state index in [4.69, 9.17) is 9.47 Å². The molecule has 5 nitrogen and oxygen atoms in total. The fraction of sp³-hybridized carbons (Fsp3) is 0.300. The number of nitrogens with one attached hydrogen (secondary N) is 1. The van der Waals surface area contributed by atoms with Crippen LogP contribution in [0.1, 0.15) is 37.3 Å². The van der Waals surface area contributed by atoms with Gasteiger partial charge in [0.1, 0.15) is 11.5 Å². The van der Waals surface area contributed by atoms with Gasteiger partial charge in [0.15, 0.2) is 6.61 Å². The lowest BCUT2D eigenvalue weighted by Crippen LogP contribution is -2.24. The fourth-order valence-corrected chi connectivity index (χ4v) is 2.26. The average molecular weight is 340 g/mol. The molecule has 1 amide bonds. The van der Waals surface area contributed by atoms with E-state index in [1.165, 1.54) is 11.8 Å². The minimum atomic E-state index is -0.322. The zero-order chi connectivity index (χ0) is 18.1. The highest BCUT2D eigenvalue weighted by molar-refractivity contribution is 5.85. The van der Waals surface area contributed by atoms with Crippen LogP contribution in [0, 0.1) is 0 Å². The summed E-state index contributed by atoms with van der Waals surface area (Å²) in [5, 5.41) is 3.93. The Bertz CT molecular complexity index is 711. The van der Waals surface area contributed by atoms with Crippen LogP contribution in [0.2, 0.25) is 0 Å². The largest absolute Gasteiger partial charge is 0.496 e. The highest BCUT2D eigenvalue weighted by Crippen LogP contribution is 2.21. The third-order valence-corrected chi connectivity index (χ3v) is 3.96. The number of carbonyl (C=O) groups excluding carboxylic acids is 1. The maximum atomic E-state index is 11.8. The molecule has 1 atom stereocenters. The van der Waals surface area contributed by atoms with Gasteiger partial charge in [0, 0.05) is 5.56 Å². The SMILES string of the molecule is CCC(C)c1ccc(OCC(=O)NN=Cc2ccccc2OC)cc1. The van der Waals surface area contributed by atoms with Gasteiger partial charge in [-0.2, -0.15) is 5.10 Å². The first kappa shape index (κ1) is 18.5. The van der Waals surface area contributed by atoms with Gasteiger partial charge in [0.2, 0.25) is 0 Å². The number of hydrogen-bond donors (Lipinski definition) is 1. The zero-order valence-corrected chi connectivity index (χ0v) is 14.9. The molecule has 0 bridgehead atoms. The van der Waals surface area contributed by atoms with Crippen LogP contribution in [0.15, 0.2) is 53.6 Å². The number of benzene rings is 2. The molecule has 2 aromatic carbocycles. The average Bonchev–Trinajstić information content (AvgIpc) is 2.66. The molecule has 0 aliphatic rings. The van der Waals surface area contributed by atoms with E-state index in [0.717, 1.165) is 12.0 Å². The van der Waals surface area contributed by atoms with Crippen molar-refractivity contribution in [2.24, 2.45) is 5.10 Å². The van der Waals surface area contributed by atoms with Crippen molar-refractivity contribution in [2.45, 2.75) is 26.2 Å². The monoisotopic (exact) mass is 340 g/mol. The van der Waals surface area contributed by atoms with Gasteiger partial charge in [0.05, 0.1) is 13.3 Å². The summed E-state index contributed by atoms with van der Waals surface area (Å²) in [6.07, 6.45) is 2.63. The third kappa shape index (κ3) is 5.64. The molecule has 132 valence electrons. The molecule has 0 spiro atoms. The smallest absolute Gasteiger partial charge is 0.277 e. The topological polar surface area (TPSA) is 59.9 Å². The Morgan fingerprint density at radius 1 is 1.20 bits per heavy atom. The molecule has 5 heteroatoms. The van der Waals surface area contributed by atoms with Crippen molar-refractivity contribution in [3.63, 3.8) is 0 Å². The molecule has 25 heavy (non-hydrogen) atoms. The summed E-state index contributed by atoms with van der Waals surface area (Å²) < 4.78 is 10.7. The standard InChI is InChI=1S/C20H24N2O3/c1-4-15(2)16-9-11-18(12-10-16)25-14-20(23)22-21-13-17-7-5-6-8-19(17)24-3/h5-13,15H,4,14H2,1-3H3,(H,22,23). The molecule has 0 aliphatic carbocycles. The van der Waals surface area contributed by atoms with Crippen molar-refractivity contribution < 1.29 is 14.3 Å². The number of rotatable bonds is 8. The minimum absolute atomic E-state index is 0.0913. The molecule has 2 aromatic rings. The number of para-hydroxylation sites is 1. The van der Waals surface area contributed by atoms with Crippen molar-refractivity contribution in [2.75, 3.05) is 13.7 Å². The lowest BCUT2D eigenvalue weighted by molar-refractivity contribution is -0.123. The molecule has 0 aliphatic heterocycles. The summed E-state index contributed by atoms with van der Waals surface area (Å²) in [5.74, 6) is 1.55. The second-order valence-corrected chi connectivity index (χ2v) is 5.70. The van der Waals surface area contributed by atoms with Crippen LogP contribution in [0.4, 0.5) is 0 Å². The van der Waals surface area contributed by atoms with Gasteiger partial charge in [-0.15, -0.1) is 0 Å². The summed E-state index contributed by atoms with van der Waals surface area (Å²) in [5.41, 5.74) is 4.49. The van der Waals surface area contributed by atoms with E-state index in [2.05, 4.69) is 24.4 Å². The van der Waals surface area contributed by atoms with Gasteiger partial charge in [0.25, 0.3) is 5.91 Å². The van der Waals surface area contributed by atoms with Gasteiger partial charge in [-0.05, 0) is 42.2 Å². The van der Waals surface area contributed by atoms with Crippen LogP contribution in [0.25, 0.3) is 0 Å². The highest BCUT2D eigenvalue weighted by Gasteiger charge is 2.05. The number of hydrazone groups is 1. The summed E-state index contributed by atoms with van der Waals surface area (Å²) in [6, 6.07) is 15.2. The van der Waals surface area contributed by atoms with E-state index >= 15 is 0 Å². The number of nitrogens with zero attached hydrogens (tertiary/aromatic N) is 1. The molecule has 0 saturated heterocycles. The van der Waals surface area contributed by atoms with Crippen LogP contribution >= 0.6 is 0 Å². The first-order chi connectivity index (χ1) is 12.1. The van der Waals surface area contributed by atoms with Crippen LogP contribution in [-0.2, 0) is 4.79 Å². The number of ether oxygens (including phenoxy) is 2. The number of amides is 1. The maximum absolute atomic E-state index is 11.8.